The van der Waals surface area contributed by atoms with Crippen molar-refractivity contribution in [3.8, 4) is 57.5 Å². The second-order valence-electron chi connectivity index (χ2n) is 27.7. The van der Waals surface area contributed by atoms with E-state index in [0.29, 0.717) is 157 Å². The van der Waals surface area contributed by atoms with Crippen LogP contribution in [0.5, 0.6) is 57.5 Å². The molecule has 8 heterocycles. The average Bonchev–Trinajstić information content (AvgIpc) is 1.69. The van der Waals surface area contributed by atoms with Crippen LogP contribution in [0.15, 0.2) is 6.07 Å². The van der Waals surface area contributed by atoms with Crippen molar-refractivity contribution in [2.45, 2.75) is 206 Å². The predicted molar refractivity (Wildman–Crippen MR) is 478 cm³/mol. The number of hydrogen-bond acceptors (Lipinski definition) is 31. The van der Waals surface area contributed by atoms with E-state index in [1.165, 1.54) is 37.8 Å². The molecule has 4 unspecified atom stereocenters. The zero-order valence-corrected chi connectivity index (χ0v) is 81.0. The molecule has 4 atom stereocenters. The smallest absolute Gasteiger partial charge is 0.269 e. The summed E-state index contributed by atoms with van der Waals surface area (Å²) in [6, 6.07) is 2.06. The summed E-state index contributed by atoms with van der Waals surface area (Å²) in [7, 11) is -4.80. The highest BCUT2D eigenvalue weighted by Crippen LogP contribution is 2.46. The zero-order chi connectivity index (χ0) is 88.1. The van der Waals surface area contributed by atoms with Gasteiger partial charge in [0.1, 0.15) is 75.7 Å². The van der Waals surface area contributed by atoms with Crippen LogP contribution in [-0.4, -0.2) is 242 Å². The van der Waals surface area contributed by atoms with Crippen LogP contribution >= 0.6 is 68.0 Å². The van der Waals surface area contributed by atoms with E-state index in [4.69, 9.17) is 109 Å². The summed E-state index contributed by atoms with van der Waals surface area (Å²) in [6.45, 7) is 53.5. The van der Waals surface area contributed by atoms with Crippen molar-refractivity contribution < 1.29 is 125 Å². The summed E-state index contributed by atoms with van der Waals surface area (Å²) >= 11 is 9.96. The summed E-state index contributed by atoms with van der Waals surface area (Å²) in [5.74, 6) is 7.92. The Labute approximate surface area is 734 Å². The molecule has 6 aromatic heterocycles. The lowest BCUT2D eigenvalue weighted by Gasteiger charge is -2.25. The number of aryl methyl sites for hydroxylation is 12. The second kappa shape index (κ2) is 62.7. The summed E-state index contributed by atoms with van der Waals surface area (Å²) in [5.41, 5.74) is 0.520. The fourth-order valence-electron chi connectivity index (χ4n) is 10.9. The normalized spacial score (nSPS) is 13.6. The molecule has 0 amide bonds. The number of thiophene rings is 6. The van der Waals surface area contributed by atoms with Gasteiger partial charge in [0.15, 0.2) is 52.1 Å². The number of rotatable bonds is 54. The first-order valence-electron chi connectivity index (χ1n) is 40.9. The van der Waals surface area contributed by atoms with Gasteiger partial charge < -0.3 is 99.5 Å². The minimum absolute atomic E-state index is 0.00301. The van der Waals surface area contributed by atoms with Crippen molar-refractivity contribution >= 4 is 88.3 Å². The van der Waals surface area contributed by atoms with Crippen molar-refractivity contribution in [1.82, 2.24) is 0 Å². The van der Waals surface area contributed by atoms with Gasteiger partial charge in [-0.2, -0.15) is 16.8 Å². The van der Waals surface area contributed by atoms with Crippen LogP contribution in [0.25, 0.3) is 0 Å². The monoisotopic (exact) mass is 1840 g/mol. The third-order valence-corrected chi connectivity index (χ3v) is 24.7. The van der Waals surface area contributed by atoms with Gasteiger partial charge >= 0.3 is 0 Å². The summed E-state index contributed by atoms with van der Waals surface area (Å²) in [5, 5.41) is -0.825. The van der Waals surface area contributed by atoms with Gasteiger partial charge in [-0.05, 0) is 142 Å². The van der Waals surface area contributed by atoms with E-state index in [-0.39, 0.29) is 31.3 Å². The number of ether oxygens (including phenoxy) is 21. The lowest BCUT2D eigenvalue weighted by molar-refractivity contribution is 0.00819. The molecule has 0 saturated carbocycles. The standard InChI is InChI=1S/C22H40O6S.C18H32O4S.C13H20O6S2.C12H20O6S2.C11H18O3S.C8H10O2S/c1-5-7-9-23-11-13-25-15-17-27-21-19(3)29-20(4)22(21)28-18-16-26-14-12-24-10-8-6-2;1-7-9-19-11-13(3)21-17-15(5)23-16(6)18(17)22-14(4)12-20-10-8-2;1-8(21(14,15)16)4-5-17-6-11-7-18-12-9(2)20-10(3)13(12)19-11;1-9-11(8-20(13,14)15)12(10(2)19-9)18-7-6-17-5-4-16-3;1-9-8-11(10(2)15-9)14-7-6-13-5-4-12-3;1-5-7-8(6(2)11-5)10-4-3-9-7/h5-18H2,1-4H3;13-14H,7-12H2,1-6H3;8,11H,4-7H2,1-3H3,(H,14,15,16);4-8H2,1-3H3,(H,13,14,15);8H,4-7H2,1-3H3;3-4H2,1-2H3. The topological polar surface area (TPSA) is 303 Å². The molecule has 0 radical (unpaired) electrons. The Morgan fingerprint density at radius 3 is 1.18 bits per heavy atom. The SMILES string of the molecule is CCCCOCCOCCOc1c(C)sc(C)c1OCCOCCOCCCC.CCCOCC(C)Oc1c(C)sc(C)c1OC(C)COCCC.COCCOCCOc1c(C)sc(C)c1CS(=O)(=O)O.COCCOCCOc1cc(C)sc1C.Cc1sc(C)c2c1OCC(COCCC(C)S(=O)(=O)O)O2.Cc1sc(C)c2c1OCCO2. The van der Waals surface area contributed by atoms with E-state index in [1.54, 1.807) is 77.8 Å². The maximum Gasteiger partial charge on any atom is 0.269 e. The minimum Gasteiger partial charge on any atom is -0.490 e. The quantitative estimate of drug-likeness (QED) is 0.0265. The highest BCUT2D eigenvalue weighted by Gasteiger charge is 2.28. The highest BCUT2D eigenvalue weighted by molar-refractivity contribution is 7.86. The Kier molecular flexibility index (Phi) is 57.3. The van der Waals surface area contributed by atoms with Gasteiger partial charge in [-0.25, -0.2) is 0 Å². The van der Waals surface area contributed by atoms with Crippen LogP contribution in [0, 0.1) is 83.1 Å². The lowest BCUT2D eigenvalue weighted by atomic mass is 10.2. The Hall–Kier alpha value is -4.42. The summed E-state index contributed by atoms with van der Waals surface area (Å²) in [4.78, 5) is 13.4. The Bertz CT molecular complexity index is 3770. The minimum atomic E-state index is -4.07. The van der Waals surface area contributed by atoms with Gasteiger partial charge in [0.2, 0.25) is 0 Å². The second-order valence-corrected chi connectivity index (χ2v) is 39.6. The fourth-order valence-corrected chi connectivity index (χ4v) is 17.7. The molecule has 2 aliphatic rings. The van der Waals surface area contributed by atoms with Crippen molar-refractivity contribution in [1.29, 1.82) is 0 Å². The predicted octanol–water partition coefficient (Wildman–Crippen LogP) is 18.1. The molecule has 35 heteroatoms. The molecule has 6 aromatic rings. The first-order valence-corrected chi connectivity index (χ1v) is 48.9. The number of methoxy groups -OCH3 is 2. The molecule has 2 N–H and O–H groups in total. The molecule has 119 heavy (non-hydrogen) atoms. The average molecular weight is 1840 g/mol. The first kappa shape index (κ1) is 109. The zero-order valence-electron chi connectivity index (χ0n) is 74.5. The Morgan fingerprint density at radius 2 is 0.773 bits per heavy atom. The van der Waals surface area contributed by atoms with E-state index < -0.39 is 31.2 Å². The van der Waals surface area contributed by atoms with Crippen LogP contribution in [-0.2, 0) is 78.1 Å². The van der Waals surface area contributed by atoms with E-state index in [0.717, 1.165) is 156 Å². The Balaban J connectivity index is 0.000000376. The Morgan fingerprint density at radius 1 is 0.395 bits per heavy atom. The van der Waals surface area contributed by atoms with Crippen molar-refractivity contribution in [2.75, 3.05) is 193 Å². The van der Waals surface area contributed by atoms with Gasteiger partial charge in [-0.3, -0.25) is 9.11 Å². The molecule has 0 aromatic carbocycles. The molecule has 27 nitrogen and oxygen atoms in total. The molecule has 0 fully saturated rings. The maximum atomic E-state index is 11.0. The molecular weight excluding hydrogens is 1700 g/mol. The number of unbranched alkanes of at least 4 members (excludes halogenated alkanes) is 2. The van der Waals surface area contributed by atoms with E-state index in [9.17, 15) is 16.8 Å². The fraction of sp³-hybridized carbons (Fsp3) is 0.714. The molecule has 0 saturated heterocycles. The maximum absolute atomic E-state index is 11.0. The van der Waals surface area contributed by atoms with Crippen LogP contribution < -0.4 is 47.4 Å². The van der Waals surface area contributed by atoms with Crippen LogP contribution in [0.1, 0.15) is 158 Å². The molecule has 2 aliphatic heterocycles. The molecule has 686 valence electrons. The van der Waals surface area contributed by atoms with Crippen LogP contribution in [0.2, 0.25) is 0 Å². The molecule has 0 bridgehead atoms. The van der Waals surface area contributed by atoms with Gasteiger partial charge in [-0.1, -0.05) is 40.5 Å². The molecule has 0 aliphatic carbocycles. The van der Waals surface area contributed by atoms with Gasteiger partial charge in [0.25, 0.3) is 20.2 Å². The highest BCUT2D eigenvalue weighted by atomic mass is 32.2. The van der Waals surface area contributed by atoms with E-state index in [2.05, 4.69) is 75.3 Å². The first-order chi connectivity index (χ1) is 56.9. The van der Waals surface area contributed by atoms with Crippen LogP contribution in [0.3, 0.4) is 0 Å². The number of fused-ring (bicyclic) bond motifs is 2. The molecule has 8 rings (SSSR count). The largest absolute Gasteiger partial charge is 0.490 e. The summed E-state index contributed by atoms with van der Waals surface area (Å²) in [6.07, 6.45) is 6.59. The van der Waals surface area contributed by atoms with Crippen molar-refractivity contribution in [3.05, 3.63) is 70.2 Å². The van der Waals surface area contributed by atoms with E-state index in [1.807, 2.05) is 48.5 Å². The third kappa shape index (κ3) is 44.8. The summed E-state index contributed by atoms with van der Waals surface area (Å²) < 4.78 is 178. The number of hydrogen-bond donors (Lipinski definition) is 2. The molecular formula is C84H140O27S8. The van der Waals surface area contributed by atoms with Gasteiger partial charge in [-0.15, -0.1) is 68.0 Å². The van der Waals surface area contributed by atoms with Crippen molar-refractivity contribution in [2.24, 2.45) is 0 Å². The van der Waals surface area contributed by atoms with Crippen LogP contribution in [0.4, 0.5) is 0 Å². The third-order valence-electron chi connectivity index (χ3n) is 16.8. The molecule has 0 spiro atoms. The lowest BCUT2D eigenvalue weighted by Crippen LogP contribution is -2.33. The van der Waals surface area contributed by atoms with Crippen molar-refractivity contribution in [3.63, 3.8) is 0 Å². The van der Waals surface area contributed by atoms with Gasteiger partial charge in [0.05, 0.1) is 104 Å². The van der Waals surface area contributed by atoms with E-state index >= 15 is 0 Å². The van der Waals surface area contributed by atoms with Gasteiger partial charge in [0, 0.05) is 111 Å².